The molecular weight excluding hydrogens is 270 g/mol. The van der Waals surface area contributed by atoms with Gasteiger partial charge >= 0.3 is 5.97 Å². The summed E-state index contributed by atoms with van der Waals surface area (Å²) in [6, 6.07) is 9.73. The van der Waals surface area contributed by atoms with Crippen LogP contribution in [0.4, 0.5) is 0 Å². The molecule has 0 unspecified atom stereocenters. The first-order valence-corrected chi connectivity index (χ1v) is 7.18. The maximum atomic E-state index is 12.1. The zero-order chi connectivity index (χ0) is 15.1. The van der Waals surface area contributed by atoms with Crippen molar-refractivity contribution < 1.29 is 19.1 Å². The number of likely N-dealkylation sites (tertiary alicyclic amines) is 1. The smallest absolute Gasteiger partial charge is 0.310 e. The van der Waals surface area contributed by atoms with Crippen LogP contribution in [0.1, 0.15) is 18.4 Å². The molecule has 21 heavy (non-hydrogen) atoms. The van der Waals surface area contributed by atoms with Crippen LogP contribution in [-0.4, -0.2) is 43.6 Å². The number of benzene rings is 1. The number of hydrogen-bond donors (Lipinski definition) is 0. The number of amides is 1. The highest BCUT2D eigenvalue weighted by Gasteiger charge is 2.28. The number of rotatable bonds is 5. The van der Waals surface area contributed by atoms with Gasteiger partial charge in [-0.3, -0.25) is 9.59 Å². The zero-order valence-electron chi connectivity index (χ0n) is 12.3. The number of ether oxygens (including phenoxy) is 2. The number of piperidine rings is 1. The largest absolute Gasteiger partial charge is 0.469 e. The van der Waals surface area contributed by atoms with E-state index in [4.69, 9.17) is 9.47 Å². The van der Waals surface area contributed by atoms with Crippen LogP contribution in [0.5, 0.6) is 0 Å². The van der Waals surface area contributed by atoms with Crippen molar-refractivity contribution in [2.75, 3.05) is 26.8 Å². The normalized spacial score (nSPS) is 18.3. The van der Waals surface area contributed by atoms with Crippen molar-refractivity contribution in [3.63, 3.8) is 0 Å². The van der Waals surface area contributed by atoms with Crippen LogP contribution in [0.15, 0.2) is 30.3 Å². The number of carbonyl (C=O) groups is 2. The predicted octanol–water partition coefficient (Wildman–Crippen LogP) is 1.61. The van der Waals surface area contributed by atoms with Crippen LogP contribution in [0.25, 0.3) is 0 Å². The van der Waals surface area contributed by atoms with E-state index in [1.54, 1.807) is 4.90 Å². The Kier molecular flexibility index (Phi) is 5.75. The molecule has 1 aliphatic rings. The van der Waals surface area contributed by atoms with Crippen LogP contribution in [0.3, 0.4) is 0 Å². The van der Waals surface area contributed by atoms with Crippen molar-refractivity contribution in [1.82, 2.24) is 4.90 Å². The van der Waals surface area contributed by atoms with Gasteiger partial charge in [0.2, 0.25) is 5.91 Å². The molecule has 5 nitrogen and oxygen atoms in total. The number of hydrogen-bond acceptors (Lipinski definition) is 4. The van der Waals surface area contributed by atoms with E-state index in [0.29, 0.717) is 19.7 Å². The van der Waals surface area contributed by atoms with Gasteiger partial charge in [0.15, 0.2) is 0 Å². The molecule has 114 valence electrons. The fraction of sp³-hybridized carbons (Fsp3) is 0.500. The number of carbonyl (C=O) groups excluding carboxylic acids is 2. The molecular formula is C16H21NO4. The van der Waals surface area contributed by atoms with E-state index < -0.39 is 0 Å². The summed E-state index contributed by atoms with van der Waals surface area (Å²) in [5.74, 6) is -0.515. The molecule has 1 aromatic carbocycles. The fourth-order valence-electron chi connectivity index (χ4n) is 2.48. The van der Waals surface area contributed by atoms with Crippen LogP contribution in [-0.2, 0) is 25.7 Å². The highest BCUT2D eigenvalue weighted by atomic mass is 16.5. The first-order valence-electron chi connectivity index (χ1n) is 7.18. The average Bonchev–Trinajstić information content (AvgIpc) is 2.55. The van der Waals surface area contributed by atoms with Crippen LogP contribution >= 0.6 is 0 Å². The Balaban J connectivity index is 1.76. The Morgan fingerprint density at radius 3 is 2.76 bits per heavy atom. The number of nitrogens with zero attached hydrogens (tertiary/aromatic N) is 1. The van der Waals surface area contributed by atoms with E-state index >= 15 is 0 Å². The molecule has 0 saturated carbocycles. The third kappa shape index (κ3) is 4.56. The molecule has 0 spiro atoms. The third-order valence-corrected chi connectivity index (χ3v) is 3.65. The first kappa shape index (κ1) is 15.5. The molecule has 1 aliphatic heterocycles. The lowest BCUT2D eigenvalue weighted by atomic mass is 9.98. The zero-order valence-corrected chi connectivity index (χ0v) is 12.3. The van der Waals surface area contributed by atoms with Crippen LogP contribution in [0.2, 0.25) is 0 Å². The van der Waals surface area contributed by atoms with Gasteiger partial charge in [-0.2, -0.15) is 0 Å². The molecule has 0 N–H and O–H groups in total. The Morgan fingerprint density at radius 2 is 2.05 bits per heavy atom. The standard InChI is InChI=1S/C16H21NO4/c1-20-16(19)14-8-5-9-17(10-14)15(18)12-21-11-13-6-3-2-4-7-13/h2-4,6-7,14H,5,8-12H2,1H3/t14-/m0/s1. The van der Waals surface area contributed by atoms with Gasteiger partial charge in [-0.05, 0) is 18.4 Å². The summed E-state index contributed by atoms with van der Waals surface area (Å²) in [5, 5.41) is 0. The molecule has 5 heteroatoms. The lowest BCUT2D eigenvalue weighted by molar-refractivity contribution is -0.150. The maximum absolute atomic E-state index is 12.1. The van der Waals surface area contributed by atoms with Gasteiger partial charge in [0.25, 0.3) is 0 Å². The Morgan fingerprint density at radius 1 is 1.29 bits per heavy atom. The van der Waals surface area contributed by atoms with Gasteiger partial charge in [-0.1, -0.05) is 30.3 Å². The Labute approximate surface area is 124 Å². The summed E-state index contributed by atoms with van der Waals surface area (Å²) >= 11 is 0. The fourth-order valence-corrected chi connectivity index (χ4v) is 2.48. The SMILES string of the molecule is COC(=O)[C@H]1CCCN(C(=O)COCc2ccccc2)C1. The van der Waals surface area contributed by atoms with E-state index in [2.05, 4.69) is 0 Å². The monoisotopic (exact) mass is 291 g/mol. The molecule has 0 aliphatic carbocycles. The lowest BCUT2D eigenvalue weighted by Gasteiger charge is -2.31. The van der Waals surface area contributed by atoms with E-state index in [0.717, 1.165) is 18.4 Å². The van der Waals surface area contributed by atoms with Crippen molar-refractivity contribution in [2.45, 2.75) is 19.4 Å². The average molecular weight is 291 g/mol. The van der Waals surface area contributed by atoms with E-state index in [9.17, 15) is 9.59 Å². The third-order valence-electron chi connectivity index (χ3n) is 3.65. The van der Waals surface area contributed by atoms with E-state index in [1.165, 1.54) is 7.11 Å². The quantitative estimate of drug-likeness (QED) is 0.774. The summed E-state index contributed by atoms with van der Waals surface area (Å²) in [5.41, 5.74) is 1.04. The van der Waals surface area contributed by atoms with E-state index in [-0.39, 0.29) is 24.4 Å². The van der Waals surface area contributed by atoms with Gasteiger partial charge in [-0.25, -0.2) is 0 Å². The van der Waals surface area contributed by atoms with Crippen molar-refractivity contribution in [3.05, 3.63) is 35.9 Å². The summed E-state index contributed by atoms with van der Waals surface area (Å²) in [7, 11) is 1.38. The molecule has 1 atom stereocenters. The second kappa shape index (κ2) is 7.78. The second-order valence-corrected chi connectivity index (χ2v) is 5.18. The maximum Gasteiger partial charge on any atom is 0.310 e. The Hall–Kier alpha value is -1.88. The molecule has 0 radical (unpaired) electrons. The molecule has 2 rings (SSSR count). The van der Waals surface area contributed by atoms with Gasteiger partial charge < -0.3 is 14.4 Å². The summed E-state index contributed by atoms with van der Waals surface area (Å²) in [4.78, 5) is 25.3. The summed E-state index contributed by atoms with van der Waals surface area (Å²) in [6.45, 7) is 1.57. The second-order valence-electron chi connectivity index (χ2n) is 5.18. The summed E-state index contributed by atoms with van der Waals surface area (Å²) < 4.78 is 10.2. The van der Waals surface area contributed by atoms with Gasteiger partial charge in [-0.15, -0.1) is 0 Å². The van der Waals surface area contributed by atoms with Crippen molar-refractivity contribution >= 4 is 11.9 Å². The molecule has 1 aromatic rings. The number of methoxy groups -OCH3 is 1. The molecule has 1 heterocycles. The molecule has 0 bridgehead atoms. The number of esters is 1. The minimum absolute atomic E-state index is 0.0444. The lowest BCUT2D eigenvalue weighted by Crippen LogP contribution is -2.44. The van der Waals surface area contributed by atoms with Gasteiger partial charge in [0, 0.05) is 13.1 Å². The highest BCUT2D eigenvalue weighted by Crippen LogP contribution is 2.17. The summed E-state index contributed by atoms with van der Waals surface area (Å²) in [6.07, 6.45) is 1.60. The minimum Gasteiger partial charge on any atom is -0.469 e. The minimum atomic E-state index is -0.238. The topological polar surface area (TPSA) is 55.8 Å². The van der Waals surface area contributed by atoms with Gasteiger partial charge in [0.1, 0.15) is 6.61 Å². The van der Waals surface area contributed by atoms with Crippen molar-refractivity contribution in [3.8, 4) is 0 Å². The molecule has 1 saturated heterocycles. The first-order chi connectivity index (χ1) is 10.2. The Bertz CT molecular complexity index is 474. The molecule has 0 aromatic heterocycles. The highest BCUT2D eigenvalue weighted by molar-refractivity contribution is 5.79. The van der Waals surface area contributed by atoms with Crippen molar-refractivity contribution in [1.29, 1.82) is 0 Å². The van der Waals surface area contributed by atoms with Gasteiger partial charge in [0.05, 0.1) is 19.6 Å². The van der Waals surface area contributed by atoms with Crippen LogP contribution in [0, 0.1) is 5.92 Å². The molecule has 1 fully saturated rings. The van der Waals surface area contributed by atoms with E-state index in [1.807, 2.05) is 30.3 Å². The molecule has 1 amide bonds. The van der Waals surface area contributed by atoms with Crippen molar-refractivity contribution in [2.24, 2.45) is 5.92 Å². The predicted molar refractivity (Wildman–Crippen MR) is 77.4 cm³/mol. The van der Waals surface area contributed by atoms with Crippen LogP contribution < -0.4 is 0 Å².